The fourth-order valence-corrected chi connectivity index (χ4v) is 1.23. The van der Waals surface area contributed by atoms with Gasteiger partial charge in [-0.25, -0.2) is 4.68 Å². The van der Waals surface area contributed by atoms with E-state index in [1.807, 2.05) is 20.8 Å². The van der Waals surface area contributed by atoms with E-state index >= 15 is 0 Å². The molecule has 0 aliphatic rings. The summed E-state index contributed by atoms with van der Waals surface area (Å²) >= 11 is 5.41. The molecule has 1 N–H and O–H groups in total. The zero-order valence-electron chi connectivity index (χ0n) is 8.54. The van der Waals surface area contributed by atoms with Crippen LogP contribution in [0, 0.1) is 6.92 Å². The van der Waals surface area contributed by atoms with E-state index in [1.165, 1.54) is 0 Å². The largest absolute Gasteiger partial charge is 0.310 e. The normalized spacial score (nSPS) is 10.6. The van der Waals surface area contributed by atoms with E-state index in [0.717, 1.165) is 11.4 Å². The van der Waals surface area contributed by atoms with E-state index in [0.29, 0.717) is 0 Å². The van der Waals surface area contributed by atoms with Crippen molar-refractivity contribution in [1.29, 1.82) is 0 Å². The molecule has 1 amide bonds. The first-order chi connectivity index (χ1) is 6.56. The number of carbonyl (C=O) groups is 1. The predicted molar refractivity (Wildman–Crippen MR) is 56.7 cm³/mol. The third kappa shape index (κ3) is 2.26. The van der Waals surface area contributed by atoms with Crippen molar-refractivity contribution in [2.24, 2.45) is 0 Å². The molecule has 0 atom stereocenters. The molecule has 1 aromatic heterocycles. The predicted octanol–water partition coefficient (Wildman–Crippen LogP) is 1.95. The Bertz CT molecular complexity index is 333. The van der Waals surface area contributed by atoms with Crippen LogP contribution in [-0.4, -0.2) is 21.6 Å². The van der Waals surface area contributed by atoms with Gasteiger partial charge in [0.1, 0.15) is 11.7 Å². The Morgan fingerprint density at radius 2 is 2.36 bits per heavy atom. The number of carbonyl (C=O) groups excluding carboxylic acids is 1. The van der Waals surface area contributed by atoms with Crippen LogP contribution >= 0.6 is 11.6 Å². The van der Waals surface area contributed by atoms with Gasteiger partial charge in [-0.2, -0.15) is 5.10 Å². The van der Waals surface area contributed by atoms with E-state index in [-0.39, 0.29) is 17.8 Å². The van der Waals surface area contributed by atoms with Gasteiger partial charge in [-0.05, 0) is 20.8 Å². The number of amides is 1. The smallest absolute Gasteiger partial charge is 0.240 e. The number of hydrogen-bond acceptors (Lipinski definition) is 2. The molecule has 0 fully saturated rings. The molecule has 0 radical (unpaired) electrons. The summed E-state index contributed by atoms with van der Waals surface area (Å²) in [6.45, 7) is 5.90. The molecule has 0 aromatic carbocycles. The number of alkyl halides is 1. The highest BCUT2D eigenvalue weighted by Crippen LogP contribution is 2.18. The molecule has 1 aromatic rings. The van der Waals surface area contributed by atoms with Crippen molar-refractivity contribution in [3.8, 4) is 0 Å². The summed E-state index contributed by atoms with van der Waals surface area (Å²) in [6, 6.07) is 0.217. The number of hydrogen-bond donors (Lipinski definition) is 1. The van der Waals surface area contributed by atoms with E-state index in [9.17, 15) is 4.79 Å². The molecule has 0 aliphatic carbocycles. The Morgan fingerprint density at radius 1 is 1.71 bits per heavy atom. The molecule has 0 saturated carbocycles. The van der Waals surface area contributed by atoms with Crippen molar-refractivity contribution in [3.05, 3.63) is 11.8 Å². The third-order valence-electron chi connectivity index (χ3n) is 1.85. The van der Waals surface area contributed by atoms with E-state index < -0.39 is 0 Å². The molecule has 0 unspecified atom stereocenters. The lowest BCUT2D eigenvalue weighted by Gasteiger charge is -2.11. The number of anilines is 1. The molecule has 1 rings (SSSR count). The lowest BCUT2D eigenvalue weighted by Crippen LogP contribution is -2.18. The van der Waals surface area contributed by atoms with Gasteiger partial charge in [0.2, 0.25) is 5.91 Å². The number of halogens is 1. The first kappa shape index (κ1) is 11.0. The fraction of sp³-hybridized carbons (Fsp3) is 0.556. The average molecular weight is 216 g/mol. The summed E-state index contributed by atoms with van der Waals surface area (Å²) in [5.74, 6) is 0.478. The van der Waals surface area contributed by atoms with Gasteiger partial charge in [0.15, 0.2) is 0 Å². The summed E-state index contributed by atoms with van der Waals surface area (Å²) in [7, 11) is 0. The molecule has 0 aliphatic heterocycles. The lowest BCUT2D eigenvalue weighted by molar-refractivity contribution is -0.114. The van der Waals surface area contributed by atoms with Gasteiger partial charge in [0, 0.05) is 11.6 Å². The maximum Gasteiger partial charge on any atom is 0.240 e. The number of nitrogens with one attached hydrogen (secondary N) is 1. The van der Waals surface area contributed by atoms with Gasteiger partial charge in [0.25, 0.3) is 0 Å². The van der Waals surface area contributed by atoms with Crippen LogP contribution in [0.5, 0.6) is 0 Å². The number of aromatic nitrogens is 2. The van der Waals surface area contributed by atoms with Crippen molar-refractivity contribution in [2.75, 3.05) is 11.2 Å². The maximum absolute atomic E-state index is 11.1. The summed E-state index contributed by atoms with van der Waals surface area (Å²) in [5, 5.41) is 6.88. The number of rotatable bonds is 3. The Morgan fingerprint density at radius 3 is 2.86 bits per heavy atom. The van der Waals surface area contributed by atoms with Gasteiger partial charge < -0.3 is 5.32 Å². The fourth-order valence-electron chi connectivity index (χ4n) is 1.16. The second-order valence-electron chi connectivity index (χ2n) is 3.40. The quantitative estimate of drug-likeness (QED) is 0.784. The summed E-state index contributed by atoms with van der Waals surface area (Å²) in [6.07, 6.45) is 1.73. The van der Waals surface area contributed by atoms with Crippen molar-refractivity contribution in [2.45, 2.75) is 26.8 Å². The van der Waals surface area contributed by atoms with E-state index in [4.69, 9.17) is 11.6 Å². The van der Waals surface area contributed by atoms with Crippen LogP contribution in [0.1, 0.15) is 25.5 Å². The Hall–Kier alpha value is -1.03. The molecule has 1 heterocycles. The Kier molecular flexibility index (Phi) is 3.52. The van der Waals surface area contributed by atoms with Gasteiger partial charge in [-0.3, -0.25) is 4.79 Å². The first-order valence-corrected chi connectivity index (χ1v) is 4.99. The molecular formula is C9H14ClN3O. The molecule has 78 valence electrons. The Balaban J connectivity index is 2.93. The van der Waals surface area contributed by atoms with Crippen LogP contribution in [0.3, 0.4) is 0 Å². The monoisotopic (exact) mass is 215 g/mol. The minimum absolute atomic E-state index is 0.0390. The second-order valence-corrected chi connectivity index (χ2v) is 3.66. The summed E-state index contributed by atoms with van der Waals surface area (Å²) in [4.78, 5) is 11.1. The van der Waals surface area contributed by atoms with Crippen molar-refractivity contribution in [1.82, 2.24) is 9.78 Å². The Labute approximate surface area is 88.2 Å². The molecule has 0 saturated heterocycles. The van der Waals surface area contributed by atoms with Gasteiger partial charge >= 0.3 is 0 Å². The number of nitrogens with zero attached hydrogens (tertiary/aromatic N) is 2. The summed E-state index contributed by atoms with van der Waals surface area (Å²) < 4.78 is 1.76. The molecular weight excluding hydrogens is 202 g/mol. The third-order valence-corrected chi connectivity index (χ3v) is 2.09. The van der Waals surface area contributed by atoms with Gasteiger partial charge in [-0.1, -0.05) is 0 Å². The molecule has 0 spiro atoms. The van der Waals surface area contributed by atoms with Crippen LogP contribution < -0.4 is 5.32 Å². The van der Waals surface area contributed by atoms with Crippen LogP contribution in [0.2, 0.25) is 0 Å². The van der Waals surface area contributed by atoms with Crippen molar-refractivity contribution >= 4 is 23.3 Å². The SMILES string of the molecule is Cc1cnn(C(C)C)c1NC(=O)CCl. The standard InChI is InChI=1S/C9H14ClN3O/c1-6(2)13-9(7(3)5-11-13)12-8(14)4-10/h5-6H,4H2,1-3H3,(H,12,14). The van der Waals surface area contributed by atoms with Crippen LogP contribution in [0.25, 0.3) is 0 Å². The highest BCUT2D eigenvalue weighted by atomic mass is 35.5. The van der Waals surface area contributed by atoms with Crippen LogP contribution in [0.4, 0.5) is 5.82 Å². The minimum atomic E-state index is -0.211. The van der Waals surface area contributed by atoms with E-state index in [2.05, 4.69) is 10.4 Å². The topological polar surface area (TPSA) is 46.9 Å². The zero-order valence-corrected chi connectivity index (χ0v) is 9.30. The second kappa shape index (κ2) is 4.46. The van der Waals surface area contributed by atoms with Gasteiger partial charge in [0.05, 0.1) is 6.20 Å². The van der Waals surface area contributed by atoms with Gasteiger partial charge in [-0.15, -0.1) is 11.6 Å². The highest BCUT2D eigenvalue weighted by molar-refractivity contribution is 6.29. The minimum Gasteiger partial charge on any atom is -0.310 e. The highest BCUT2D eigenvalue weighted by Gasteiger charge is 2.11. The van der Waals surface area contributed by atoms with E-state index in [1.54, 1.807) is 10.9 Å². The van der Waals surface area contributed by atoms with Crippen LogP contribution in [0.15, 0.2) is 6.20 Å². The average Bonchev–Trinajstić information content (AvgIpc) is 2.48. The lowest BCUT2D eigenvalue weighted by atomic mass is 10.3. The molecule has 5 heteroatoms. The first-order valence-electron chi connectivity index (χ1n) is 4.46. The molecule has 14 heavy (non-hydrogen) atoms. The molecule has 4 nitrogen and oxygen atoms in total. The number of aryl methyl sites for hydroxylation is 1. The summed E-state index contributed by atoms with van der Waals surface area (Å²) in [5.41, 5.74) is 0.942. The zero-order chi connectivity index (χ0) is 10.7. The van der Waals surface area contributed by atoms with Crippen LogP contribution in [-0.2, 0) is 4.79 Å². The van der Waals surface area contributed by atoms with Crippen molar-refractivity contribution in [3.63, 3.8) is 0 Å². The van der Waals surface area contributed by atoms with Crippen molar-refractivity contribution < 1.29 is 4.79 Å². The molecule has 0 bridgehead atoms. The maximum atomic E-state index is 11.1.